The van der Waals surface area contributed by atoms with Crippen molar-refractivity contribution in [3.8, 4) is 5.75 Å². The van der Waals surface area contributed by atoms with Crippen LogP contribution < -0.4 is 11.3 Å². The van der Waals surface area contributed by atoms with Crippen LogP contribution in [0.15, 0.2) is 29.1 Å². The van der Waals surface area contributed by atoms with Gasteiger partial charge in [0.15, 0.2) is 0 Å². The number of amides is 1. The number of nitrogens with one attached hydrogen (secondary N) is 1. The maximum absolute atomic E-state index is 12.3. The predicted molar refractivity (Wildman–Crippen MR) is 100 cm³/mol. The van der Waals surface area contributed by atoms with E-state index in [-0.39, 0.29) is 22.8 Å². The number of primary amides is 1. The van der Waals surface area contributed by atoms with Crippen molar-refractivity contribution >= 4 is 5.91 Å². The standard InChI is InChI=1S/C21H21N3O4/c1-24-9-19-8-20(14-5-11(25)2-3-13(14)19)7-15-10(6-21(20,28)18(19)24)4-12(16(22)26)17(27)23-15/h2-5,18,25,28H,6-9H2,1H3,(H2,22,26)(H,23,27). The number of nitrogens with zero attached hydrogens (tertiary/aromatic N) is 1. The minimum Gasteiger partial charge on any atom is -0.508 e. The molecule has 1 saturated carbocycles. The Morgan fingerprint density at radius 3 is 2.79 bits per heavy atom. The number of phenolic OH excluding ortho intramolecular Hbond substituents is 1. The number of hydrogen-bond donors (Lipinski definition) is 4. The van der Waals surface area contributed by atoms with E-state index in [2.05, 4.69) is 9.88 Å². The molecule has 4 aliphatic rings. The number of H-pyrrole nitrogens is 1. The molecule has 1 aliphatic heterocycles. The van der Waals surface area contributed by atoms with Crippen LogP contribution in [0.2, 0.25) is 0 Å². The number of aromatic amines is 1. The lowest BCUT2D eigenvalue weighted by Gasteiger charge is -2.61. The third-order valence-electron chi connectivity index (χ3n) is 7.87. The summed E-state index contributed by atoms with van der Waals surface area (Å²) in [6.07, 6.45) is 1.60. The van der Waals surface area contributed by atoms with Gasteiger partial charge in [-0.2, -0.15) is 0 Å². The van der Waals surface area contributed by atoms with Crippen molar-refractivity contribution in [3.63, 3.8) is 0 Å². The molecule has 7 heteroatoms. The molecule has 3 aliphatic carbocycles. The van der Waals surface area contributed by atoms with Gasteiger partial charge < -0.3 is 20.9 Å². The Hall–Kier alpha value is -2.64. The summed E-state index contributed by atoms with van der Waals surface area (Å²) >= 11 is 0. The molecule has 4 atom stereocenters. The van der Waals surface area contributed by atoms with E-state index in [0.29, 0.717) is 12.8 Å². The molecule has 6 rings (SSSR count). The molecule has 1 saturated heterocycles. The number of hydrogen-bond acceptors (Lipinski definition) is 5. The predicted octanol–water partition coefficient (Wildman–Crippen LogP) is -0.0838. The van der Waals surface area contributed by atoms with E-state index in [1.54, 1.807) is 18.2 Å². The number of rotatable bonds is 1. The van der Waals surface area contributed by atoms with Gasteiger partial charge in [-0.1, -0.05) is 6.07 Å². The number of aromatic nitrogens is 1. The van der Waals surface area contributed by atoms with Crippen molar-refractivity contribution in [2.24, 2.45) is 5.73 Å². The topological polar surface area (TPSA) is 120 Å². The molecule has 1 amide bonds. The van der Waals surface area contributed by atoms with Crippen LogP contribution in [0, 0.1) is 0 Å². The van der Waals surface area contributed by atoms with Gasteiger partial charge in [0.1, 0.15) is 11.3 Å². The average Bonchev–Trinajstić information content (AvgIpc) is 2.97. The molecule has 4 unspecified atom stereocenters. The molecule has 28 heavy (non-hydrogen) atoms. The van der Waals surface area contributed by atoms with E-state index in [1.165, 1.54) is 5.56 Å². The lowest BCUT2D eigenvalue weighted by molar-refractivity contribution is -0.126. The number of aromatic hydroxyl groups is 1. The summed E-state index contributed by atoms with van der Waals surface area (Å²) in [5.74, 6) is -0.580. The van der Waals surface area contributed by atoms with Gasteiger partial charge in [-0.25, -0.2) is 0 Å². The Labute approximate surface area is 160 Å². The van der Waals surface area contributed by atoms with Crippen molar-refractivity contribution in [1.82, 2.24) is 9.88 Å². The highest BCUT2D eigenvalue weighted by atomic mass is 16.3. The van der Waals surface area contributed by atoms with Crippen molar-refractivity contribution in [2.75, 3.05) is 13.6 Å². The molecule has 1 aromatic carbocycles. The van der Waals surface area contributed by atoms with Gasteiger partial charge in [0.2, 0.25) is 0 Å². The van der Waals surface area contributed by atoms with Crippen LogP contribution >= 0.6 is 0 Å². The third kappa shape index (κ3) is 1.50. The molecule has 5 N–H and O–H groups in total. The zero-order chi connectivity index (χ0) is 19.6. The normalized spacial score (nSPS) is 36.9. The van der Waals surface area contributed by atoms with E-state index in [4.69, 9.17) is 5.73 Å². The minimum absolute atomic E-state index is 0.0332. The first kappa shape index (κ1) is 16.3. The smallest absolute Gasteiger partial charge is 0.261 e. The van der Waals surface area contributed by atoms with Crippen LogP contribution in [-0.4, -0.2) is 51.2 Å². The van der Waals surface area contributed by atoms with Gasteiger partial charge in [0, 0.05) is 35.9 Å². The number of likely N-dealkylation sites (N-methyl/N-ethyl adjacent to an activating group) is 1. The first-order valence-electron chi connectivity index (χ1n) is 9.53. The second-order valence-corrected chi connectivity index (χ2v) is 9.12. The molecule has 2 aromatic rings. The highest BCUT2D eigenvalue weighted by Gasteiger charge is 2.80. The summed E-state index contributed by atoms with van der Waals surface area (Å²) in [7, 11) is 2.03. The van der Waals surface area contributed by atoms with E-state index in [0.717, 1.165) is 29.8 Å². The summed E-state index contributed by atoms with van der Waals surface area (Å²) in [6.45, 7) is 0.860. The zero-order valence-corrected chi connectivity index (χ0v) is 15.5. The first-order chi connectivity index (χ1) is 13.2. The van der Waals surface area contributed by atoms with Crippen LogP contribution in [0.3, 0.4) is 0 Å². The third-order valence-corrected chi connectivity index (χ3v) is 7.87. The van der Waals surface area contributed by atoms with E-state index in [1.807, 2.05) is 13.1 Å². The lowest BCUT2D eigenvalue weighted by Crippen LogP contribution is -2.74. The monoisotopic (exact) mass is 379 g/mol. The number of carbonyl (C=O) groups is 1. The number of carbonyl (C=O) groups excluding carboxylic acids is 1. The molecular formula is C21H21N3O4. The molecule has 2 bridgehead atoms. The van der Waals surface area contributed by atoms with Crippen LogP contribution in [0.25, 0.3) is 0 Å². The molecular weight excluding hydrogens is 358 g/mol. The number of nitrogens with two attached hydrogens (primary N) is 1. The Kier molecular flexibility index (Phi) is 2.62. The van der Waals surface area contributed by atoms with Crippen LogP contribution in [0.4, 0.5) is 0 Å². The molecule has 0 radical (unpaired) electrons. The van der Waals surface area contributed by atoms with Crippen LogP contribution in [0.5, 0.6) is 5.75 Å². The fourth-order valence-corrected chi connectivity index (χ4v) is 7.16. The number of pyridine rings is 1. The second kappa shape index (κ2) is 4.50. The van der Waals surface area contributed by atoms with E-state index in [9.17, 15) is 19.8 Å². The summed E-state index contributed by atoms with van der Waals surface area (Å²) in [5, 5.41) is 22.2. The van der Waals surface area contributed by atoms with E-state index < -0.39 is 22.5 Å². The van der Waals surface area contributed by atoms with Gasteiger partial charge in [0.25, 0.3) is 11.5 Å². The molecule has 2 heterocycles. The zero-order valence-electron chi connectivity index (χ0n) is 15.5. The van der Waals surface area contributed by atoms with Crippen molar-refractivity contribution in [1.29, 1.82) is 0 Å². The van der Waals surface area contributed by atoms with Crippen molar-refractivity contribution < 1.29 is 15.0 Å². The highest BCUT2D eigenvalue weighted by molar-refractivity contribution is 5.92. The molecule has 144 valence electrons. The molecule has 7 nitrogen and oxygen atoms in total. The largest absolute Gasteiger partial charge is 0.508 e. The second-order valence-electron chi connectivity index (χ2n) is 9.12. The number of likely N-dealkylation sites (tertiary alicyclic amines) is 1. The maximum Gasteiger partial charge on any atom is 0.261 e. The lowest BCUT2D eigenvalue weighted by atomic mass is 9.55. The van der Waals surface area contributed by atoms with Gasteiger partial charge >= 0.3 is 0 Å². The minimum atomic E-state index is -1.04. The Bertz CT molecular complexity index is 1160. The fraction of sp³-hybridized carbons (Fsp3) is 0.429. The fourth-order valence-electron chi connectivity index (χ4n) is 7.16. The van der Waals surface area contributed by atoms with Gasteiger partial charge in [-0.3, -0.25) is 14.5 Å². The van der Waals surface area contributed by atoms with E-state index >= 15 is 0 Å². The summed E-state index contributed by atoms with van der Waals surface area (Å²) < 4.78 is 0. The van der Waals surface area contributed by atoms with Crippen molar-refractivity contribution in [2.45, 2.75) is 41.7 Å². The summed E-state index contributed by atoms with van der Waals surface area (Å²) in [4.78, 5) is 29.0. The SMILES string of the molecule is CN1CC23CC4(Cc5[nH]c(=O)c(C(N)=O)cc5CC4(O)C12)c1cc(O)ccc13. The van der Waals surface area contributed by atoms with Crippen LogP contribution in [-0.2, 0) is 23.7 Å². The Morgan fingerprint density at radius 1 is 1.29 bits per heavy atom. The Balaban J connectivity index is 1.62. The molecule has 2 fully saturated rings. The van der Waals surface area contributed by atoms with Crippen molar-refractivity contribution in [3.05, 3.63) is 62.6 Å². The summed E-state index contributed by atoms with van der Waals surface area (Å²) in [5.41, 5.74) is 6.75. The maximum atomic E-state index is 12.3. The number of phenols is 1. The van der Waals surface area contributed by atoms with Gasteiger partial charge in [0.05, 0.1) is 11.6 Å². The highest BCUT2D eigenvalue weighted by Crippen LogP contribution is 2.72. The average molecular weight is 379 g/mol. The van der Waals surface area contributed by atoms with Crippen LogP contribution in [0.1, 0.15) is 39.2 Å². The molecule has 2 spiro atoms. The van der Waals surface area contributed by atoms with Gasteiger partial charge in [-0.05, 0) is 48.4 Å². The number of fused-ring (bicyclic) bond motifs is 3. The number of benzene rings is 1. The quantitative estimate of drug-likeness (QED) is 0.552. The molecule has 1 aromatic heterocycles. The Morgan fingerprint density at radius 2 is 2.07 bits per heavy atom. The number of aliphatic hydroxyl groups is 1. The first-order valence-corrected chi connectivity index (χ1v) is 9.53. The van der Waals surface area contributed by atoms with Gasteiger partial charge in [-0.15, -0.1) is 0 Å². The summed E-state index contributed by atoms with van der Waals surface area (Å²) in [6, 6.07) is 7.01.